The SMILES string of the molecule is CCC[C@H]1C(=O)C(c2ccccc2)=C(c2ccccc2)[C@]1(O)c1ccccc1. The number of carbonyl (C=O) groups is 1. The van der Waals surface area contributed by atoms with Crippen LogP contribution in [0.3, 0.4) is 0 Å². The molecule has 2 atom stereocenters. The van der Waals surface area contributed by atoms with Gasteiger partial charge in [-0.05, 0) is 23.1 Å². The van der Waals surface area contributed by atoms with E-state index in [4.69, 9.17) is 0 Å². The van der Waals surface area contributed by atoms with Crippen LogP contribution in [0.2, 0.25) is 0 Å². The molecule has 0 amide bonds. The van der Waals surface area contributed by atoms with Crippen LogP contribution in [0.4, 0.5) is 0 Å². The number of aliphatic hydroxyl groups is 1. The highest BCUT2D eigenvalue weighted by Crippen LogP contribution is 2.54. The molecule has 0 spiro atoms. The highest BCUT2D eigenvalue weighted by atomic mass is 16.3. The Hall–Kier alpha value is -2.97. The zero-order chi connectivity index (χ0) is 19.6. The Morgan fingerprint density at radius 2 is 1.29 bits per heavy atom. The van der Waals surface area contributed by atoms with E-state index in [1.165, 1.54) is 0 Å². The zero-order valence-electron chi connectivity index (χ0n) is 16.0. The van der Waals surface area contributed by atoms with E-state index in [1.807, 2.05) is 91.0 Å². The molecule has 28 heavy (non-hydrogen) atoms. The fourth-order valence-corrected chi connectivity index (χ4v) is 4.38. The van der Waals surface area contributed by atoms with Crippen molar-refractivity contribution in [2.24, 2.45) is 5.92 Å². The Labute approximate surface area is 166 Å². The molecule has 0 unspecified atom stereocenters. The second-order valence-electron chi connectivity index (χ2n) is 7.32. The smallest absolute Gasteiger partial charge is 0.170 e. The van der Waals surface area contributed by atoms with Crippen LogP contribution in [0.25, 0.3) is 11.1 Å². The van der Waals surface area contributed by atoms with E-state index in [2.05, 4.69) is 6.92 Å². The maximum absolute atomic E-state index is 13.7. The summed E-state index contributed by atoms with van der Waals surface area (Å²) < 4.78 is 0. The predicted molar refractivity (Wildman–Crippen MR) is 113 cm³/mol. The van der Waals surface area contributed by atoms with E-state index in [0.717, 1.165) is 23.1 Å². The first kappa shape index (κ1) is 18.4. The lowest BCUT2D eigenvalue weighted by molar-refractivity contribution is -0.122. The van der Waals surface area contributed by atoms with E-state index in [1.54, 1.807) is 0 Å². The van der Waals surface area contributed by atoms with Crippen LogP contribution in [0.1, 0.15) is 36.5 Å². The Balaban J connectivity index is 2.05. The van der Waals surface area contributed by atoms with Crippen molar-refractivity contribution < 1.29 is 9.90 Å². The van der Waals surface area contributed by atoms with E-state index in [-0.39, 0.29) is 5.78 Å². The average molecular weight is 368 g/mol. The van der Waals surface area contributed by atoms with Gasteiger partial charge in [0.05, 0.1) is 5.92 Å². The summed E-state index contributed by atoms with van der Waals surface area (Å²) in [5.41, 5.74) is 2.53. The van der Waals surface area contributed by atoms with Gasteiger partial charge >= 0.3 is 0 Å². The molecule has 3 aromatic carbocycles. The van der Waals surface area contributed by atoms with Crippen LogP contribution >= 0.6 is 0 Å². The van der Waals surface area contributed by atoms with Gasteiger partial charge in [0.1, 0.15) is 5.60 Å². The molecule has 0 aliphatic heterocycles. The summed E-state index contributed by atoms with van der Waals surface area (Å²) in [6, 6.07) is 29.2. The molecule has 1 aliphatic carbocycles. The van der Waals surface area contributed by atoms with Crippen molar-refractivity contribution in [3.63, 3.8) is 0 Å². The van der Waals surface area contributed by atoms with E-state index >= 15 is 0 Å². The molecule has 0 aromatic heterocycles. The molecule has 1 aliphatic rings. The molecule has 2 nitrogen and oxygen atoms in total. The fraction of sp³-hybridized carbons (Fsp3) is 0.192. The van der Waals surface area contributed by atoms with Gasteiger partial charge in [0.15, 0.2) is 5.78 Å². The first-order chi connectivity index (χ1) is 13.7. The summed E-state index contributed by atoms with van der Waals surface area (Å²) in [6.45, 7) is 2.06. The van der Waals surface area contributed by atoms with Crippen LogP contribution in [0.5, 0.6) is 0 Å². The summed E-state index contributed by atoms with van der Waals surface area (Å²) in [4.78, 5) is 13.7. The molecule has 3 aromatic rings. The summed E-state index contributed by atoms with van der Waals surface area (Å²) in [5, 5.41) is 12.2. The fourth-order valence-electron chi connectivity index (χ4n) is 4.38. The maximum atomic E-state index is 13.7. The van der Waals surface area contributed by atoms with Crippen molar-refractivity contribution in [2.75, 3.05) is 0 Å². The van der Waals surface area contributed by atoms with Gasteiger partial charge in [-0.1, -0.05) is 104 Å². The molecule has 1 N–H and O–H groups in total. The molecule has 0 saturated heterocycles. The summed E-state index contributed by atoms with van der Waals surface area (Å²) in [7, 11) is 0. The second-order valence-corrected chi connectivity index (χ2v) is 7.32. The van der Waals surface area contributed by atoms with Crippen molar-refractivity contribution in [3.05, 3.63) is 108 Å². The molecule has 140 valence electrons. The quantitative estimate of drug-likeness (QED) is 0.647. The third kappa shape index (κ3) is 2.90. The maximum Gasteiger partial charge on any atom is 0.170 e. The minimum atomic E-state index is -1.35. The Bertz CT molecular complexity index is 990. The first-order valence-electron chi connectivity index (χ1n) is 9.85. The molecule has 4 rings (SSSR count). The highest BCUT2D eigenvalue weighted by molar-refractivity contribution is 6.33. The minimum absolute atomic E-state index is 0.0262. The Morgan fingerprint density at radius 3 is 1.82 bits per heavy atom. The van der Waals surface area contributed by atoms with Crippen LogP contribution in [-0.4, -0.2) is 10.9 Å². The molecule has 0 bridgehead atoms. The summed E-state index contributed by atoms with van der Waals surface area (Å²) in [5.74, 6) is -0.469. The van der Waals surface area contributed by atoms with Crippen molar-refractivity contribution in [2.45, 2.75) is 25.4 Å². The number of hydrogen-bond acceptors (Lipinski definition) is 2. The van der Waals surface area contributed by atoms with Crippen molar-refractivity contribution in [3.8, 4) is 0 Å². The normalized spacial score (nSPS) is 21.9. The summed E-state index contributed by atoms with van der Waals surface area (Å²) >= 11 is 0. The summed E-state index contributed by atoms with van der Waals surface area (Å²) in [6.07, 6.45) is 1.46. The number of rotatable bonds is 5. The lowest BCUT2D eigenvalue weighted by Crippen LogP contribution is -2.35. The van der Waals surface area contributed by atoms with Crippen LogP contribution in [0.15, 0.2) is 91.0 Å². The number of Topliss-reactive ketones (excluding diaryl/α,β-unsaturated/α-hetero) is 1. The molecule has 2 heteroatoms. The highest BCUT2D eigenvalue weighted by Gasteiger charge is 2.53. The van der Waals surface area contributed by atoms with Gasteiger partial charge < -0.3 is 5.11 Å². The second kappa shape index (κ2) is 7.57. The van der Waals surface area contributed by atoms with Crippen molar-refractivity contribution >= 4 is 16.9 Å². The standard InChI is InChI=1S/C26H24O2/c1-2-12-22-25(27)23(19-13-6-3-7-14-19)24(20-15-8-4-9-16-20)26(22,28)21-17-10-5-11-18-21/h3-11,13-18,22,28H,2,12H2,1H3/t22-,26-/m0/s1. The zero-order valence-corrected chi connectivity index (χ0v) is 16.0. The molecule has 0 radical (unpaired) electrons. The molecule has 0 saturated carbocycles. The third-order valence-corrected chi connectivity index (χ3v) is 5.61. The number of allylic oxidation sites excluding steroid dienone is 1. The number of ketones is 1. The Kier molecular flexibility index (Phi) is 4.97. The molecule has 0 fully saturated rings. The van der Waals surface area contributed by atoms with Gasteiger partial charge in [0, 0.05) is 11.1 Å². The third-order valence-electron chi connectivity index (χ3n) is 5.61. The van der Waals surface area contributed by atoms with Crippen molar-refractivity contribution in [1.29, 1.82) is 0 Å². The van der Waals surface area contributed by atoms with Crippen molar-refractivity contribution in [1.82, 2.24) is 0 Å². The Morgan fingerprint density at radius 1 is 0.786 bits per heavy atom. The molecular formula is C26H24O2. The first-order valence-corrected chi connectivity index (χ1v) is 9.85. The minimum Gasteiger partial charge on any atom is -0.380 e. The van der Waals surface area contributed by atoms with E-state index in [0.29, 0.717) is 17.6 Å². The monoisotopic (exact) mass is 368 g/mol. The van der Waals surface area contributed by atoms with Gasteiger partial charge in [-0.15, -0.1) is 0 Å². The number of benzene rings is 3. The van der Waals surface area contributed by atoms with Gasteiger partial charge in [0.2, 0.25) is 0 Å². The van der Waals surface area contributed by atoms with Gasteiger partial charge in [-0.2, -0.15) is 0 Å². The van der Waals surface area contributed by atoms with E-state index in [9.17, 15) is 9.90 Å². The van der Waals surface area contributed by atoms with Crippen LogP contribution in [0, 0.1) is 5.92 Å². The lowest BCUT2D eigenvalue weighted by atomic mass is 9.75. The average Bonchev–Trinajstić information content (AvgIpc) is 2.98. The predicted octanol–water partition coefficient (Wildman–Crippen LogP) is 5.48. The topological polar surface area (TPSA) is 37.3 Å². The number of carbonyl (C=O) groups excluding carboxylic acids is 1. The van der Waals surface area contributed by atoms with E-state index < -0.39 is 11.5 Å². The number of hydrogen-bond donors (Lipinski definition) is 1. The van der Waals surface area contributed by atoms with Gasteiger partial charge in [-0.3, -0.25) is 4.79 Å². The van der Waals surface area contributed by atoms with Crippen LogP contribution in [-0.2, 0) is 10.4 Å². The molecular weight excluding hydrogens is 344 g/mol. The van der Waals surface area contributed by atoms with Crippen LogP contribution < -0.4 is 0 Å². The lowest BCUT2D eigenvalue weighted by Gasteiger charge is -2.33. The van der Waals surface area contributed by atoms with Gasteiger partial charge in [-0.25, -0.2) is 0 Å². The van der Waals surface area contributed by atoms with Gasteiger partial charge in [0.25, 0.3) is 0 Å². The largest absolute Gasteiger partial charge is 0.380 e. The molecule has 0 heterocycles.